The topological polar surface area (TPSA) is 76.2 Å². The molecule has 0 radical (unpaired) electrons. The van der Waals surface area contributed by atoms with Crippen LogP contribution in [0.4, 0.5) is 9.59 Å². The Balaban J connectivity index is 1.44. The van der Waals surface area contributed by atoms with Crippen LogP contribution in [0, 0.1) is 0 Å². The van der Waals surface area contributed by atoms with Gasteiger partial charge < -0.3 is 9.47 Å². The molecule has 7 heteroatoms. The van der Waals surface area contributed by atoms with E-state index in [1.807, 2.05) is 60.7 Å². The van der Waals surface area contributed by atoms with Crippen LogP contribution in [0.5, 0.6) is 0 Å². The van der Waals surface area contributed by atoms with Gasteiger partial charge in [-0.1, -0.05) is 66.7 Å². The van der Waals surface area contributed by atoms with Crippen molar-refractivity contribution in [3.63, 3.8) is 0 Å². The van der Waals surface area contributed by atoms with Crippen LogP contribution in [0.15, 0.2) is 72.4 Å². The Hall–Kier alpha value is -3.61. The number of imide groups is 1. The van der Waals surface area contributed by atoms with Crippen LogP contribution in [0.3, 0.4) is 0 Å². The van der Waals surface area contributed by atoms with Crippen molar-refractivity contribution in [2.24, 2.45) is 0 Å². The van der Waals surface area contributed by atoms with Gasteiger partial charge in [-0.05, 0) is 24.0 Å². The number of carbonyl (C=O) groups excluding carboxylic acids is 3. The van der Waals surface area contributed by atoms with Crippen molar-refractivity contribution >= 4 is 18.1 Å². The van der Waals surface area contributed by atoms with E-state index in [4.69, 9.17) is 9.47 Å². The number of ether oxygens (including phenoxy) is 2. The molecule has 3 amide bonds. The lowest BCUT2D eigenvalue weighted by Gasteiger charge is -2.24. The maximum Gasteiger partial charge on any atom is 0.417 e. The molecular formula is C23H22N2O5. The molecule has 0 aromatic heterocycles. The molecule has 154 valence electrons. The van der Waals surface area contributed by atoms with E-state index in [1.165, 1.54) is 4.90 Å². The number of hydrogen-bond donors (Lipinski definition) is 0. The first-order valence-corrected chi connectivity index (χ1v) is 9.86. The second-order valence-corrected chi connectivity index (χ2v) is 7.17. The maximum absolute atomic E-state index is 13.2. The number of carbonyl (C=O) groups is 3. The van der Waals surface area contributed by atoms with Crippen molar-refractivity contribution in [2.45, 2.75) is 25.5 Å². The van der Waals surface area contributed by atoms with E-state index >= 15 is 0 Å². The van der Waals surface area contributed by atoms with Crippen molar-refractivity contribution in [1.29, 1.82) is 0 Å². The molecule has 1 atom stereocenters. The largest absolute Gasteiger partial charge is 0.447 e. The predicted octanol–water partition coefficient (Wildman–Crippen LogP) is 3.50. The third kappa shape index (κ3) is 4.20. The van der Waals surface area contributed by atoms with Gasteiger partial charge in [0.15, 0.2) is 0 Å². The summed E-state index contributed by atoms with van der Waals surface area (Å²) in [5.41, 5.74) is 2.01. The van der Waals surface area contributed by atoms with Gasteiger partial charge in [0.05, 0.1) is 6.04 Å². The number of amides is 3. The zero-order chi connectivity index (χ0) is 20.9. The highest BCUT2D eigenvalue weighted by Gasteiger charge is 2.42. The molecule has 0 aliphatic carbocycles. The van der Waals surface area contributed by atoms with Crippen molar-refractivity contribution in [1.82, 2.24) is 9.80 Å². The summed E-state index contributed by atoms with van der Waals surface area (Å²) >= 11 is 0. The van der Waals surface area contributed by atoms with Gasteiger partial charge in [0.1, 0.15) is 18.9 Å². The summed E-state index contributed by atoms with van der Waals surface area (Å²) in [4.78, 5) is 40.4. The summed E-state index contributed by atoms with van der Waals surface area (Å²) in [6, 6.07) is 18.5. The zero-order valence-corrected chi connectivity index (χ0v) is 16.4. The molecule has 2 aliphatic heterocycles. The predicted molar refractivity (Wildman–Crippen MR) is 108 cm³/mol. The SMILES string of the molecule is O=C(OCc1ccccc1)N1CCC=C1C(=O)N1C(=O)OC[C@@H]1Cc1ccccc1. The fourth-order valence-electron chi connectivity index (χ4n) is 3.62. The maximum atomic E-state index is 13.2. The van der Waals surface area contributed by atoms with Gasteiger partial charge in [-0.3, -0.25) is 9.69 Å². The molecule has 0 N–H and O–H groups in total. The average molecular weight is 406 g/mol. The van der Waals surface area contributed by atoms with E-state index in [0.717, 1.165) is 16.0 Å². The zero-order valence-electron chi connectivity index (χ0n) is 16.4. The average Bonchev–Trinajstić information content (AvgIpc) is 3.40. The van der Waals surface area contributed by atoms with Gasteiger partial charge in [0.2, 0.25) is 0 Å². The van der Waals surface area contributed by atoms with Crippen molar-refractivity contribution < 1.29 is 23.9 Å². The molecule has 2 aliphatic rings. The summed E-state index contributed by atoms with van der Waals surface area (Å²) in [7, 11) is 0. The Kier molecular flexibility index (Phi) is 5.79. The first kappa shape index (κ1) is 19.7. The molecule has 0 spiro atoms. The Labute approximate surface area is 174 Å². The van der Waals surface area contributed by atoms with Gasteiger partial charge >= 0.3 is 12.2 Å². The molecule has 7 nitrogen and oxygen atoms in total. The van der Waals surface area contributed by atoms with E-state index in [1.54, 1.807) is 6.08 Å². The minimum atomic E-state index is -0.689. The summed E-state index contributed by atoms with van der Waals surface area (Å²) in [6.45, 7) is 0.576. The fourth-order valence-corrected chi connectivity index (χ4v) is 3.62. The van der Waals surface area contributed by atoms with Gasteiger partial charge in [-0.2, -0.15) is 0 Å². The highest BCUT2D eigenvalue weighted by molar-refractivity contribution is 6.05. The van der Waals surface area contributed by atoms with Crippen molar-refractivity contribution in [3.8, 4) is 0 Å². The molecule has 4 rings (SSSR count). The lowest BCUT2D eigenvalue weighted by Crippen LogP contribution is -2.44. The molecule has 0 bridgehead atoms. The van der Waals surface area contributed by atoms with Crippen molar-refractivity contribution in [3.05, 3.63) is 83.6 Å². The molecule has 2 heterocycles. The number of benzene rings is 2. The standard InChI is InChI=1S/C23H22N2O5/c26-21(25-19(16-30-23(25)28)14-17-8-3-1-4-9-17)20-12-7-13-24(20)22(27)29-15-18-10-5-2-6-11-18/h1-6,8-12,19H,7,13-16H2/t19-/m0/s1. The molecular weight excluding hydrogens is 384 g/mol. The Bertz CT molecular complexity index is 958. The van der Waals surface area contributed by atoms with Crippen LogP contribution in [0.25, 0.3) is 0 Å². The molecule has 1 fully saturated rings. The number of hydrogen-bond acceptors (Lipinski definition) is 5. The number of nitrogens with zero attached hydrogens (tertiary/aromatic N) is 2. The fraction of sp³-hybridized carbons (Fsp3) is 0.261. The molecule has 0 saturated carbocycles. The highest BCUT2D eigenvalue weighted by Crippen LogP contribution is 2.25. The van der Waals surface area contributed by atoms with Crippen LogP contribution in [-0.4, -0.2) is 47.1 Å². The van der Waals surface area contributed by atoms with Gasteiger partial charge in [0.25, 0.3) is 5.91 Å². The van der Waals surface area contributed by atoms with Crippen LogP contribution >= 0.6 is 0 Å². The smallest absolute Gasteiger partial charge is 0.417 e. The summed E-state index contributed by atoms with van der Waals surface area (Å²) in [5, 5.41) is 0. The summed E-state index contributed by atoms with van der Waals surface area (Å²) < 4.78 is 10.5. The van der Waals surface area contributed by atoms with Gasteiger partial charge in [0, 0.05) is 6.54 Å². The Morgan fingerprint density at radius 3 is 2.37 bits per heavy atom. The van der Waals surface area contributed by atoms with E-state index in [9.17, 15) is 14.4 Å². The van der Waals surface area contributed by atoms with E-state index in [0.29, 0.717) is 19.4 Å². The summed E-state index contributed by atoms with van der Waals surface area (Å²) in [6.07, 6.45) is 1.38. The lowest BCUT2D eigenvalue weighted by molar-refractivity contribution is -0.126. The molecule has 30 heavy (non-hydrogen) atoms. The van der Waals surface area contributed by atoms with E-state index < -0.39 is 24.1 Å². The number of cyclic esters (lactones) is 1. The first-order valence-electron chi connectivity index (χ1n) is 9.86. The number of rotatable bonds is 5. The summed E-state index contributed by atoms with van der Waals surface area (Å²) in [5.74, 6) is -0.535. The van der Waals surface area contributed by atoms with E-state index in [2.05, 4.69) is 0 Å². The minimum absolute atomic E-state index is 0.111. The van der Waals surface area contributed by atoms with Crippen LogP contribution in [0.1, 0.15) is 17.5 Å². The van der Waals surface area contributed by atoms with Gasteiger partial charge in [-0.15, -0.1) is 0 Å². The lowest BCUT2D eigenvalue weighted by atomic mass is 10.1. The molecule has 2 aromatic carbocycles. The van der Waals surface area contributed by atoms with Crippen LogP contribution in [0.2, 0.25) is 0 Å². The molecule has 1 saturated heterocycles. The third-order valence-electron chi connectivity index (χ3n) is 5.12. The normalized spacial score (nSPS) is 18.2. The highest BCUT2D eigenvalue weighted by atomic mass is 16.6. The first-order chi connectivity index (χ1) is 14.6. The second kappa shape index (κ2) is 8.82. The Morgan fingerprint density at radius 1 is 1.00 bits per heavy atom. The quantitative estimate of drug-likeness (QED) is 0.760. The molecule has 0 unspecified atom stereocenters. The van der Waals surface area contributed by atoms with Crippen LogP contribution < -0.4 is 0 Å². The monoisotopic (exact) mass is 406 g/mol. The van der Waals surface area contributed by atoms with Gasteiger partial charge in [-0.25, -0.2) is 14.5 Å². The van der Waals surface area contributed by atoms with E-state index in [-0.39, 0.29) is 18.9 Å². The molecule has 2 aromatic rings. The second-order valence-electron chi connectivity index (χ2n) is 7.17. The Morgan fingerprint density at radius 2 is 1.67 bits per heavy atom. The third-order valence-corrected chi connectivity index (χ3v) is 5.12. The van der Waals surface area contributed by atoms with Crippen molar-refractivity contribution in [2.75, 3.05) is 13.2 Å². The minimum Gasteiger partial charge on any atom is -0.447 e. The van der Waals surface area contributed by atoms with Crippen LogP contribution in [-0.2, 0) is 27.3 Å².